The van der Waals surface area contributed by atoms with Gasteiger partial charge in [-0.05, 0) is 33.9 Å². The quantitative estimate of drug-likeness (QED) is 0.685. The van der Waals surface area contributed by atoms with Gasteiger partial charge in [-0.1, -0.05) is 6.92 Å². The number of nitrogens with zero attached hydrogens (tertiary/aromatic N) is 2. The third kappa shape index (κ3) is 4.75. The third-order valence-electron chi connectivity index (χ3n) is 3.82. The van der Waals surface area contributed by atoms with Crippen LogP contribution in [0.5, 0.6) is 0 Å². The second-order valence-corrected chi connectivity index (χ2v) is 5.42. The van der Waals surface area contributed by atoms with E-state index in [1.165, 1.54) is 13.0 Å². The van der Waals surface area contributed by atoms with E-state index in [4.69, 9.17) is 4.74 Å². The Balaban J connectivity index is 2.47. The van der Waals surface area contributed by atoms with Crippen LogP contribution in [-0.2, 0) is 9.53 Å². The Morgan fingerprint density at radius 3 is 2.26 bits per heavy atom. The van der Waals surface area contributed by atoms with Gasteiger partial charge in [0.25, 0.3) is 0 Å². The van der Waals surface area contributed by atoms with Crippen molar-refractivity contribution in [2.75, 3.05) is 52.9 Å². The highest BCUT2D eigenvalue weighted by Gasteiger charge is 2.35. The lowest BCUT2D eigenvalue weighted by Crippen LogP contribution is -2.59. The van der Waals surface area contributed by atoms with E-state index in [9.17, 15) is 4.79 Å². The lowest BCUT2D eigenvalue weighted by molar-refractivity contribution is -0.151. The minimum absolute atomic E-state index is 0.159. The molecule has 1 atom stereocenters. The molecule has 1 aliphatic rings. The smallest absolute Gasteiger partial charge is 0.327 e. The molecular weight excluding hydrogens is 242 g/mol. The SMILES string of the molecule is CCCN1CCN(CC(C)(NC)C(=O)OCC)CC1. The van der Waals surface area contributed by atoms with Crippen molar-refractivity contribution < 1.29 is 9.53 Å². The molecule has 1 aliphatic heterocycles. The highest BCUT2D eigenvalue weighted by atomic mass is 16.5. The van der Waals surface area contributed by atoms with Gasteiger partial charge in [-0.15, -0.1) is 0 Å². The van der Waals surface area contributed by atoms with Crippen molar-refractivity contribution in [1.82, 2.24) is 15.1 Å². The average molecular weight is 271 g/mol. The normalized spacial score (nSPS) is 21.1. The Labute approximate surface area is 117 Å². The molecule has 0 aromatic rings. The van der Waals surface area contributed by atoms with Gasteiger partial charge < -0.3 is 15.0 Å². The summed E-state index contributed by atoms with van der Waals surface area (Å²) in [4.78, 5) is 16.8. The van der Waals surface area contributed by atoms with Gasteiger partial charge in [-0.3, -0.25) is 9.69 Å². The number of nitrogens with one attached hydrogen (secondary N) is 1. The van der Waals surface area contributed by atoms with Gasteiger partial charge in [-0.25, -0.2) is 0 Å². The van der Waals surface area contributed by atoms with Crippen molar-refractivity contribution in [3.8, 4) is 0 Å². The number of likely N-dealkylation sites (N-methyl/N-ethyl adjacent to an activating group) is 1. The molecule has 0 spiro atoms. The summed E-state index contributed by atoms with van der Waals surface area (Å²) >= 11 is 0. The largest absolute Gasteiger partial charge is 0.465 e. The topological polar surface area (TPSA) is 44.8 Å². The van der Waals surface area contributed by atoms with Crippen LogP contribution in [0.3, 0.4) is 0 Å². The highest BCUT2D eigenvalue weighted by Crippen LogP contribution is 2.12. The average Bonchev–Trinajstić information content (AvgIpc) is 2.41. The number of piperazine rings is 1. The molecule has 0 radical (unpaired) electrons. The number of hydrogen-bond acceptors (Lipinski definition) is 5. The summed E-state index contributed by atoms with van der Waals surface area (Å²) in [7, 11) is 1.82. The zero-order chi connectivity index (χ0) is 14.3. The van der Waals surface area contributed by atoms with Crippen LogP contribution in [0.4, 0.5) is 0 Å². The predicted molar refractivity (Wildman–Crippen MR) is 77.3 cm³/mol. The summed E-state index contributed by atoms with van der Waals surface area (Å²) in [5.74, 6) is -0.159. The van der Waals surface area contributed by atoms with Crippen LogP contribution < -0.4 is 5.32 Å². The molecule has 1 N–H and O–H groups in total. The number of rotatable bonds is 7. The summed E-state index contributed by atoms with van der Waals surface area (Å²) in [6, 6.07) is 0. The zero-order valence-electron chi connectivity index (χ0n) is 12.9. The van der Waals surface area contributed by atoms with Gasteiger partial charge in [0.05, 0.1) is 6.61 Å². The molecule has 19 heavy (non-hydrogen) atoms. The van der Waals surface area contributed by atoms with Gasteiger partial charge in [0.1, 0.15) is 5.54 Å². The maximum atomic E-state index is 12.0. The molecule has 5 heteroatoms. The molecule has 1 fully saturated rings. The number of carbonyl (C=O) groups is 1. The molecular formula is C14H29N3O2. The molecule has 5 nitrogen and oxygen atoms in total. The van der Waals surface area contributed by atoms with Gasteiger partial charge in [0.15, 0.2) is 0 Å². The first-order valence-corrected chi connectivity index (χ1v) is 7.36. The Hall–Kier alpha value is -0.650. The van der Waals surface area contributed by atoms with E-state index in [-0.39, 0.29) is 5.97 Å². The van der Waals surface area contributed by atoms with Crippen molar-refractivity contribution >= 4 is 5.97 Å². The van der Waals surface area contributed by atoms with Crippen molar-refractivity contribution in [2.45, 2.75) is 32.7 Å². The molecule has 0 aliphatic carbocycles. The molecule has 1 rings (SSSR count). The van der Waals surface area contributed by atoms with Crippen molar-refractivity contribution in [3.05, 3.63) is 0 Å². The van der Waals surface area contributed by atoms with E-state index in [0.29, 0.717) is 13.2 Å². The second kappa shape index (κ2) is 7.82. The van der Waals surface area contributed by atoms with Crippen LogP contribution in [0.1, 0.15) is 27.2 Å². The van der Waals surface area contributed by atoms with E-state index >= 15 is 0 Å². The first kappa shape index (κ1) is 16.4. The maximum Gasteiger partial charge on any atom is 0.327 e. The van der Waals surface area contributed by atoms with E-state index in [2.05, 4.69) is 22.0 Å². The minimum atomic E-state index is -0.608. The summed E-state index contributed by atoms with van der Waals surface area (Å²) in [5.41, 5.74) is -0.608. The maximum absolute atomic E-state index is 12.0. The van der Waals surface area contributed by atoms with Crippen molar-refractivity contribution in [2.24, 2.45) is 0 Å². The van der Waals surface area contributed by atoms with E-state index in [0.717, 1.165) is 26.2 Å². The monoisotopic (exact) mass is 271 g/mol. The molecule has 0 bridgehead atoms. The molecule has 112 valence electrons. The van der Waals surface area contributed by atoms with Gasteiger partial charge in [0.2, 0.25) is 0 Å². The lowest BCUT2D eigenvalue weighted by atomic mass is 10.0. The van der Waals surface area contributed by atoms with E-state index in [1.54, 1.807) is 0 Å². The standard InChI is InChI=1S/C14H29N3O2/c1-5-7-16-8-10-17(11-9-16)12-14(3,15-4)13(18)19-6-2/h15H,5-12H2,1-4H3. The highest BCUT2D eigenvalue weighted by molar-refractivity contribution is 5.80. The molecule has 1 unspecified atom stereocenters. The first-order valence-electron chi connectivity index (χ1n) is 7.36. The molecule has 1 heterocycles. The molecule has 0 aromatic carbocycles. The minimum Gasteiger partial charge on any atom is -0.465 e. The first-order chi connectivity index (χ1) is 9.05. The summed E-state index contributed by atoms with van der Waals surface area (Å²) in [6.07, 6.45) is 1.21. The van der Waals surface area contributed by atoms with E-state index in [1.807, 2.05) is 20.9 Å². The van der Waals surface area contributed by atoms with Crippen LogP contribution in [0.2, 0.25) is 0 Å². The van der Waals surface area contributed by atoms with Crippen LogP contribution in [0, 0.1) is 0 Å². The van der Waals surface area contributed by atoms with Crippen molar-refractivity contribution in [3.63, 3.8) is 0 Å². The molecule has 0 amide bonds. The number of esters is 1. The number of hydrogen-bond donors (Lipinski definition) is 1. The Morgan fingerprint density at radius 2 is 1.79 bits per heavy atom. The second-order valence-electron chi connectivity index (χ2n) is 5.42. The predicted octanol–water partition coefficient (Wildman–Crippen LogP) is 0.555. The summed E-state index contributed by atoms with van der Waals surface area (Å²) in [6.45, 7) is 12.5. The Bertz CT molecular complexity index is 278. The molecule has 1 saturated heterocycles. The van der Waals surface area contributed by atoms with Gasteiger partial charge in [0, 0.05) is 32.7 Å². The molecule has 0 saturated carbocycles. The van der Waals surface area contributed by atoms with Crippen LogP contribution in [0.25, 0.3) is 0 Å². The fraction of sp³-hybridized carbons (Fsp3) is 0.929. The number of carbonyl (C=O) groups excluding carboxylic acids is 1. The fourth-order valence-corrected chi connectivity index (χ4v) is 2.47. The summed E-state index contributed by atoms with van der Waals surface area (Å²) < 4.78 is 5.16. The fourth-order valence-electron chi connectivity index (χ4n) is 2.47. The Morgan fingerprint density at radius 1 is 1.21 bits per heavy atom. The van der Waals surface area contributed by atoms with Gasteiger partial charge in [-0.2, -0.15) is 0 Å². The van der Waals surface area contributed by atoms with E-state index < -0.39 is 5.54 Å². The van der Waals surface area contributed by atoms with Crippen LogP contribution in [0.15, 0.2) is 0 Å². The zero-order valence-corrected chi connectivity index (χ0v) is 12.9. The van der Waals surface area contributed by atoms with Crippen LogP contribution in [-0.4, -0.2) is 74.2 Å². The Kier molecular flexibility index (Phi) is 6.75. The molecule has 0 aromatic heterocycles. The third-order valence-corrected chi connectivity index (χ3v) is 3.82. The lowest BCUT2D eigenvalue weighted by Gasteiger charge is -2.39. The number of ether oxygens (including phenoxy) is 1. The van der Waals surface area contributed by atoms with Crippen LogP contribution >= 0.6 is 0 Å². The van der Waals surface area contributed by atoms with Gasteiger partial charge >= 0.3 is 5.97 Å². The summed E-state index contributed by atoms with van der Waals surface area (Å²) in [5, 5.41) is 3.12. The van der Waals surface area contributed by atoms with Crippen molar-refractivity contribution in [1.29, 1.82) is 0 Å².